The molecule has 1 amide bonds. The van der Waals surface area contributed by atoms with E-state index in [-0.39, 0.29) is 12.5 Å². The van der Waals surface area contributed by atoms with E-state index in [9.17, 15) is 4.79 Å². The van der Waals surface area contributed by atoms with Crippen LogP contribution in [0.2, 0.25) is 0 Å². The molecule has 0 aromatic heterocycles. The lowest BCUT2D eigenvalue weighted by Gasteiger charge is -2.21. The summed E-state index contributed by atoms with van der Waals surface area (Å²) < 4.78 is 0. The van der Waals surface area contributed by atoms with Gasteiger partial charge in [0.2, 0.25) is 0 Å². The first-order valence-corrected chi connectivity index (χ1v) is 7.65. The Hall–Kier alpha value is -1.79. The van der Waals surface area contributed by atoms with E-state index in [0.29, 0.717) is 12.3 Å². The molecular weight excluding hydrogens is 262 g/mol. The predicted octanol–water partition coefficient (Wildman–Crippen LogP) is 2.60. The number of hydrogen-bond donors (Lipinski definition) is 1. The van der Waals surface area contributed by atoms with Crippen LogP contribution in [-0.2, 0) is 0 Å². The van der Waals surface area contributed by atoms with Gasteiger partial charge in [0.1, 0.15) is 0 Å². The van der Waals surface area contributed by atoms with Gasteiger partial charge in [0.25, 0.3) is 5.91 Å². The molecule has 0 radical (unpaired) electrons. The van der Waals surface area contributed by atoms with Crippen LogP contribution in [0.3, 0.4) is 0 Å². The monoisotopic (exact) mass is 285 g/mol. The lowest BCUT2D eigenvalue weighted by atomic mass is 10.0. The Kier molecular flexibility index (Phi) is 5.41. The molecule has 3 heteroatoms. The molecule has 3 nitrogen and oxygen atoms in total. The number of carbonyl (C=O) groups excluding carboxylic acids is 1. The second-order valence-electron chi connectivity index (χ2n) is 5.59. The summed E-state index contributed by atoms with van der Waals surface area (Å²) in [6.07, 6.45) is 2.98. The quantitative estimate of drug-likeness (QED) is 0.845. The first-order valence-electron chi connectivity index (χ1n) is 7.65. The zero-order chi connectivity index (χ0) is 15.2. The molecule has 0 unspecified atom stereocenters. The fraction of sp³-hybridized carbons (Fsp3) is 0.500. The van der Waals surface area contributed by atoms with E-state index in [2.05, 4.69) is 11.8 Å². The molecule has 1 saturated carbocycles. The highest BCUT2D eigenvalue weighted by molar-refractivity contribution is 5.94. The lowest BCUT2D eigenvalue weighted by Crippen LogP contribution is -2.32. The largest absolute Gasteiger partial charge is 0.395 e. The van der Waals surface area contributed by atoms with Crippen LogP contribution in [0.15, 0.2) is 18.2 Å². The molecule has 0 atom stereocenters. The van der Waals surface area contributed by atoms with Crippen LogP contribution in [0.1, 0.15) is 47.7 Å². The summed E-state index contributed by atoms with van der Waals surface area (Å²) in [6.45, 7) is 5.72. The van der Waals surface area contributed by atoms with Gasteiger partial charge in [0, 0.05) is 30.6 Å². The third-order valence-corrected chi connectivity index (χ3v) is 3.78. The van der Waals surface area contributed by atoms with Gasteiger partial charge in [-0.3, -0.25) is 4.79 Å². The maximum atomic E-state index is 12.5. The Labute approximate surface area is 127 Å². The van der Waals surface area contributed by atoms with Crippen molar-refractivity contribution in [3.8, 4) is 11.8 Å². The number of aryl methyl sites for hydroxylation is 1. The molecule has 0 bridgehead atoms. The van der Waals surface area contributed by atoms with Crippen molar-refractivity contribution in [2.45, 2.75) is 33.1 Å². The Bertz CT molecular complexity index is 564. The van der Waals surface area contributed by atoms with E-state index >= 15 is 0 Å². The zero-order valence-corrected chi connectivity index (χ0v) is 12.9. The maximum Gasteiger partial charge on any atom is 0.253 e. The standard InChI is InChI=1S/C18H23NO2/c1-3-19(13-15-7-8-15)18(21)17-10-9-16(14(2)12-17)6-4-5-11-20/h9-10,12,15,20H,3,5,7-8,11,13H2,1-2H3. The summed E-state index contributed by atoms with van der Waals surface area (Å²) in [7, 11) is 0. The third-order valence-electron chi connectivity index (χ3n) is 3.78. The van der Waals surface area contributed by atoms with Gasteiger partial charge in [-0.2, -0.15) is 0 Å². The van der Waals surface area contributed by atoms with E-state index in [1.807, 2.05) is 36.9 Å². The number of hydrogen-bond acceptors (Lipinski definition) is 2. The highest BCUT2D eigenvalue weighted by Crippen LogP contribution is 2.30. The topological polar surface area (TPSA) is 40.5 Å². The van der Waals surface area contributed by atoms with E-state index in [0.717, 1.165) is 29.8 Å². The number of aliphatic hydroxyl groups excluding tert-OH is 1. The SMILES string of the molecule is CCN(CC1CC1)C(=O)c1ccc(C#CCCO)c(C)c1. The second kappa shape index (κ2) is 7.28. The van der Waals surface area contributed by atoms with E-state index < -0.39 is 0 Å². The number of rotatable bonds is 5. The number of carbonyl (C=O) groups is 1. The second-order valence-corrected chi connectivity index (χ2v) is 5.59. The fourth-order valence-electron chi connectivity index (χ4n) is 2.30. The molecule has 1 N–H and O–H groups in total. The van der Waals surface area contributed by atoms with Crippen molar-refractivity contribution in [2.24, 2.45) is 5.92 Å². The van der Waals surface area contributed by atoms with Gasteiger partial charge < -0.3 is 10.0 Å². The molecule has 2 rings (SSSR count). The van der Waals surface area contributed by atoms with Crippen molar-refractivity contribution in [1.82, 2.24) is 4.90 Å². The van der Waals surface area contributed by atoms with E-state index in [4.69, 9.17) is 5.11 Å². The van der Waals surface area contributed by atoms with Crippen molar-refractivity contribution in [2.75, 3.05) is 19.7 Å². The summed E-state index contributed by atoms with van der Waals surface area (Å²) in [4.78, 5) is 14.5. The van der Waals surface area contributed by atoms with Crippen molar-refractivity contribution in [3.63, 3.8) is 0 Å². The number of aliphatic hydroxyl groups is 1. The minimum absolute atomic E-state index is 0.0786. The van der Waals surface area contributed by atoms with E-state index in [1.54, 1.807) is 0 Å². The van der Waals surface area contributed by atoms with Crippen LogP contribution in [-0.4, -0.2) is 35.6 Å². The summed E-state index contributed by atoms with van der Waals surface area (Å²) in [5, 5.41) is 8.74. The zero-order valence-electron chi connectivity index (χ0n) is 12.9. The van der Waals surface area contributed by atoms with Gasteiger partial charge >= 0.3 is 0 Å². The van der Waals surface area contributed by atoms with Crippen LogP contribution in [0.25, 0.3) is 0 Å². The Morgan fingerprint density at radius 1 is 1.43 bits per heavy atom. The highest BCUT2D eigenvalue weighted by atomic mass is 16.2. The van der Waals surface area contributed by atoms with E-state index in [1.165, 1.54) is 12.8 Å². The summed E-state index contributed by atoms with van der Waals surface area (Å²) in [5.74, 6) is 6.76. The smallest absolute Gasteiger partial charge is 0.253 e. The Balaban J connectivity index is 2.11. The Morgan fingerprint density at radius 3 is 2.76 bits per heavy atom. The number of benzene rings is 1. The van der Waals surface area contributed by atoms with Crippen molar-refractivity contribution < 1.29 is 9.90 Å². The first-order chi connectivity index (χ1) is 10.2. The maximum absolute atomic E-state index is 12.5. The molecule has 1 aromatic rings. The first kappa shape index (κ1) is 15.6. The minimum Gasteiger partial charge on any atom is -0.395 e. The highest BCUT2D eigenvalue weighted by Gasteiger charge is 2.26. The molecule has 0 aliphatic heterocycles. The van der Waals surface area contributed by atoms with Crippen LogP contribution in [0.4, 0.5) is 0 Å². The van der Waals surface area contributed by atoms with Gasteiger partial charge in [-0.25, -0.2) is 0 Å². The van der Waals surface area contributed by atoms with Crippen LogP contribution in [0.5, 0.6) is 0 Å². The molecule has 0 heterocycles. The average molecular weight is 285 g/mol. The van der Waals surface area contributed by atoms with Gasteiger partial charge in [0.05, 0.1) is 6.61 Å². The molecule has 1 aliphatic carbocycles. The summed E-state index contributed by atoms with van der Waals surface area (Å²) >= 11 is 0. The number of nitrogens with zero attached hydrogens (tertiary/aromatic N) is 1. The third kappa shape index (κ3) is 4.34. The molecule has 0 saturated heterocycles. The fourth-order valence-corrected chi connectivity index (χ4v) is 2.30. The van der Waals surface area contributed by atoms with Crippen molar-refractivity contribution >= 4 is 5.91 Å². The predicted molar refractivity (Wildman–Crippen MR) is 84.1 cm³/mol. The van der Waals surface area contributed by atoms with Gasteiger partial charge in [-0.1, -0.05) is 11.8 Å². The molecular formula is C18H23NO2. The van der Waals surface area contributed by atoms with Crippen LogP contribution >= 0.6 is 0 Å². The van der Waals surface area contributed by atoms with Gasteiger partial charge in [-0.05, 0) is 56.4 Å². The van der Waals surface area contributed by atoms with Crippen molar-refractivity contribution in [1.29, 1.82) is 0 Å². The number of amides is 1. The normalized spacial score (nSPS) is 13.5. The van der Waals surface area contributed by atoms with Crippen LogP contribution < -0.4 is 0 Å². The molecule has 1 aromatic carbocycles. The molecule has 112 valence electrons. The molecule has 1 fully saturated rings. The summed E-state index contributed by atoms with van der Waals surface area (Å²) in [6, 6.07) is 5.67. The molecule has 1 aliphatic rings. The van der Waals surface area contributed by atoms with Crippen molar-refractivity contribution in [3.05, 3.63) is 34.9 Å². The molecule has 0 spiro atoms. The summed E-state index contributed by atoms with van der Waals surface area (Å²) in [5.41, 5.74) is 2.67. The average Bonchev–Trinajstić information content (AvgIpc) is 3.30. The molecule has 21 heavy (non-hydrogen) atoms. The van der Waals surface area contributed by atoms with Gasteiger partial charge in [-0.15, -0.1) is 0 Å². The van der Waals surface area contributed by atoms with Gasteiger partial charge in [0.15, 0.2) is 0 Å². The minimum atomic E-state index is 0.0786. The lowest BCUT2D eigenvalue weighted by molar-refractivity contribution is 0.0757. The Morgan fingerprint density at radius 2 is 2.19 bits per heavy atom. The van der Waals surface area contributed by atoms with Crippen LogP contribution in [0, 0.1) is 24.7 Å².